The molecule has 3 atom stereocenters. The third-order valence-corrected chi connectivity index (χ3v) is 4.67. The number of carbonyl (C=O) groups excluding carboxylic acids is 1. The number of aliphatic carboxylic acids is 1. The van der Waals surface area contributed by atoms with Gasteiger partial charge in [-0.3, -0.25) is 4.79 Å². The maximum Gasteiger partial charge on any atom is 0.410 e. The summed E-state index contributed by atoms with van der Waals surface area (Å²) >= 11 is 0. The Balaban J connectivity index is 2.18. The number of hydrogen-bond acceptors (Lipinski definition) is 4. The molecule has 2 rings (SSSR count). The van der Waals surface area contributed by atoms with Crippen molar-refractivity contribution in [1.29, 1.82) is 0 Å². The van der Waals surface area contributed by atoms with Crippen LogP contribution in [0, 0.1) is 11.3 Å². The molecule has 0 bridgehead atoms. The van der Waals surface area contributed by atoms with Crippen molar-refractivity contribution in [2.75, 3.05) is 13.7 Å². The normalized spacial score (nSPS) is 25.9. The van der Waals surface area contributed by atoms with Crippen LogP contribution >= 0.6 is 0 Å². The highest BCUT2D eigenvalue weighted by Gasteiger charge is 2.56. The molecule has 1 spiro atoms. The number of hydrogen-bond donors (Lipinski definition) is 1. The first kappa shape index (κ1) is 17.1. The molecule has 2 fully saturated rings. The molecule has 1 aliphatic carbocycles. The van der Waals surface area contributed by atoms with Gasteiger partial charge in [0.15, 0.2) is 0 Å². The Morgan fingerprint density at radius 2 is 1.91 bits per heavy atom. The minimum absolute atomic E-state index is 0.149. The molecule has 0 aromatic carbocycles. The zero-order valence-electron chi connectivity index (χ0n) is 14.1. The van der Waals surface area contributed by atoms with Gasteiger partial charge in [-0.05, 0) is 52.4 Å². The number of carboxylic acid groups (broad SMARTS) is 1. The minimum Gasteiger partial charge on any atom is -0.481 e. The summed E-state index contributed by atoms with van der Waals surface area (Å²) in [6.07, 6.45) is 2.06. The summed E-state index contributed by atoms with van der Waals surface area (Å²) in [5.74, 6) is -1.58. The van der Waals surface area contributed by atoms with Gasteiger partial charge in [-0.2, -0.15) is 0 Å². The summed E-state index contributed by atoms with van der Waals surface area (Å²) in [5, 5.41) is 9.29. The van der Waals surface area contributed by atoms with E-state index in [1.807, 2.05) is 20.8 Å². The SMILES string of the molecule is COC([C@@H](C)C(=O)O)[C@@H]1CC2(CC2)CN1C(=O)OC(C)(C)C. The fourth-order valence-electron chi connectivity index (χ4n) is 3.28. The number of carboxylic acids is 1. The zero-order valence-corrected chi connectivity index (χ0v) is 14.1. The molecule has 1 saturated heterocycles. The van der Waals surface area contributed by atoms with E-state index in [9.17, 15) is 14.7 Å². The fourth-order valence-corrected chi connectivity index (χ4v) is 3.28. The Hall–Kier alpha value is -1.30. The number of carbonyl (C=O) groups is 2. The molecule has 1 saturated carbocycles. The second-order valence-electron chi connectivity index (χ2n) is 7.71. The van der Waals surface area contributed by atoms with Crippen molar-refractivity contribution in [3.63, 3.8) is 0 Å². The first-order valence-electron chi connectivity index (χ1n) is 7.84. The van der Waals surface area contributed by atoms with Gasteiger partial charge in [-0.15, -0.1) is 0 Å². The second kappa shape index (κ2) is 5.72. The van der Waals surface area contributed by atoms with E-state index in [-0.39, 0.29) is 17.6 Å². The number of ether oxygens (including phenoxy) is 2. The maximum atomic E-state index is 12.5. The molecule has 0 aromatic rings. The lowest BCUT2D eigenvalue weighted by Gasteiger charge is -2.34. The Morgan fingerprint density at radius 1 is 1.32 bits per heavy atom. The van der Waals surface area contributed by atoms with Crippen LogP contribution in [0.1, 0.15) is 47.0 Å². The van der Waals surface area contributed by atoms with E-state index < -0.39 is 23.6 Å². The van der Waals surface area contributed by atoms with Crippen molar-refractivity contribution in [3.05, 3.63) is 0 Å². The van der Waals surface area contributed by atoms with Gasteiger partial charge < -0.3 is 19.5 Å². The summed E-state index contributed by atoms with van der Waals surface area (Å²) in [7, 11) is 1.51. The molecule has 2 aliphatic rings. The molecule has 22 heavy (non-hydrogen) atoms. The molecular weight excluding hydrogens is 286 g/mol. The van der Waals surface area contributed by atoms with E-state index in [0.29, 0.717) is 6.54 Å². The Morgan fingerprint density at radius 3 is 2.32 bits per heavy atom. The molecule has 1 N–H and O–H groups in total. The van der Waals surface area contributed by atoms with Gasteiger partial charge in [-0.1, -0.05) is 0 Å². The van der Waals surface area contributed by atoms with E-state index in [1.54, 1.807) is 11.8 Å². The molecule has 6 nitrogen and oxygen atoms in total. The standard InChI is InChI=1S/C16H27NO5/c1-10(13(18)19)12(21-5)11-8-16(6-7-16)9-17(11)14(20)22-15(2,3)4/h10-12H,6-9H2,1-5H3,(H,18,19)/t10-,11+,12?/m1/s1. The predicted octanol–water partition coefficient (Wildman–Crippen LogP) is 2.51. The molecule has 1 amide bonds. The van der Waals surface area contributed by atoms with Crippen LogP contribution in [0.15, 0.2) is 0 Å². The second-order valence-corrected chi connectivity index (χ2v) is 7.71. The van der Waals surface area contributed by atoms with Crippen molar-refractivity contribution >= 4 is 12.1 Å². The van der Waals surface area contributed by atoms with Crippen LogP contribution in [-0.2, 0) is 14.3 Å². The van der Waals surface area contributed by atoms with Crippen LogP contribution in [0.4, 0.5) is 4.79 Å². The number of amides is 1. The monoisotopic (exact) mass is 313 g/mol. The highest BCUT2D eigenvalue weighted by atomic mass is 16.6. The first-order valence-corrected chi connectivity index (χ1v) is 7.84. The van der Waals surface area contributed by atoms with Crippen LogP contribution in [0.5, 0.6) is 0 Å². The summed E-state index contributed by atoms with van der Waals surface area (Å²) in [6, 6.07) is -0.242. The van der Waals surface area contributed by atoms with Crippen LogP contribution in [0.25, 0.3) is 0 Å². The lowest BCUT2D eigenvalue weighted by atomic mass is 9.92. The molecule has 1 heterocycles. The van der Waals surface area contributed by atoms with Crippen molar-refractivity contribution in [2.45, 2.75) is 64.7 Å². The lowest BCUT2D eigenvalue weighted by molar-refractivity contribution is -0.147. The smallest absolute Gasteiger partial charge is 0.410 e. The van der Waals surface area contributed by atoms with Crippen molar-refractivity contribution in [3.8, 4) is 0 Å². The summed E-state index contributed by atoms with van der Waals surface area (Å²) in [6.45, 7) is 7.75. The van der Waals surface area contributed by atoms with E-state index in [0.717, 1.165) is 19.3 Å². The van der Waals surface area contributed by atoms with Gasteiger partial charge in [-0.25, -0.2) is 4.79 Å². The first-order chi connectivity index (χ1) is 10.1. The van der Waals surface area contributed by atoms with Crippen LogP contribution in [0.3, 0.4) is 0 Å². The van der Waals surface area contributed by atoms with Crippen molar-refractivity contribution in [2.24, 2.45) is 11.3 Å². The molecular formula is C16H27NO5. The number of rotatable bonds is 4. The number of nitrogens with zero attached hydrogens (tertiary/aromatic N) is 1. The maximum absolute atomic E-state index is 12.5. The van der Waals surface area contributed by atoms with Crippen LogP contribution in [-0.4, -0.2) is 53.5 Å². The topological polar surface area (TPSA) is 76.1 Å². The summed E-state index contributed by atoms with van der Waals surface area (Å²) in [4.78, 5) is 25.5. The Bertz CT molecular complexity index is 452. The Labute approximate surface area is 131 Å². The van der Waals surface area contributed by atoms with Gasteiger partial charge in [0.05, 0.1) is 18.1 Å². The minimum atomic E-state index is -0.910. The quantitative estimate of drug-likeness (QED) is 0.863. The highest BCUT2D eigenvalue weighted by Crippen LogP contribution is 2.56. The average Bonchev–Trinajstić information content (AvgIpc) is 3.01. The van der Waals surface area contributed by atoms with Crippen molar-refractivity contribution in [1.82, 2.24) is 4.90 Å². The molecule has 126 valence electrons. The number of likely N-dealkylation sites (tertiary alicyclic amines) is 1. The predicted molar refractivity (Wildman–Crippen MR) is 80.6 cm³/mol. The average molecular weight is 313 g/mol. The summed E-state index contributed by atoms with van der Waals surface area (Å²) in [5.41, 5.74) is -0.418. The van der Waals surface area contributed by atoms with Gasteiger partial charge in [0, 0.05) is 13.7 Å². The van der Waals surface area contributed by atoms with Gasteiger partial charge >= 0.3 is 12.1 Å². The lowest BCUT2D eigenvalue weighted by Crippen LogP contribution is -2.49. The molecule has 0 radical (unpaired) electrons. The molecule has 0 aromatic heterocycles. The van der Waals surface area contributed by atoms with E-state index in [2.05, 4.69) is 0 Å². The Kier molecular flexibility index (Phi) is 4.44. The van der Waals surface area contributed by atoms with E-state index in [1.165, 1.54) is 7.11 Å². The zero-order chi connectivity index (χ0) is 16.7. The van der Waals surface area contributed by atoms with Gasteiger partial charge in [0.1, 0.15) is 5.60 Å². The third kappa shape index (κ3) is 3.54. The van der Waals surface area contributed by atoms with E-state index in [4.69, 9.17) is 9.47 Å². The molecule has 1 unspecified atom stereocenters. The summed E-state index contributed by atoms with van der Waals surface area (Å²) < 4.78 is 11.0. The van der Waals surface area contributed by atoms with Crippen molar-refractivity contribution < 1.29 is 24.2 Å². The van der Waals surface area contributed by atoms with Crippen LogP contribution in [0.2, 0.25) is 0 Å². The number of methoxy groups -OCH3 is 1. The molecule has 1 aliphatic heterocycles. The third-order valence-electron chi connectivity index (χ3n) is 4.67. The van der Waals surface area contributed by atoms with Crippen LogP contribution < -0.4 is 0 Å². The van der Waals surface area contributed by atoms with E-state index >= 15 is 0 Å². The van der Waals surface area contributed by atoms with Gasteiger partial charge in [0.2, 0.25) is 0 Å². The largest absolute Gasteiger partial charge is 0.481 e. The van der Waals surface area contributed by atoms with Gasteiger partial charge in [0.25, 0.3) is 0 Å². The fraction of sp³-hybridized carbons (Fsp3) is 0.875. The molecule has 6 heteroatoms. The highest BCUT2D eigenvalue weighted by molar-refractivity contribution is 5.72.